The monoisotopic (exact) mass is 389 g/mol. The Morgan fingerprint density at radius 1 is 0.889 bits per heavy atom. The molecule has 3 aromatic carbocycles. The first-order chi connectivity index (χ1) is 13.2. The van der Waals surface area contributed by atoms with Crippen molar-refractivity contribution < 1.29 is 4.79 Å². The van der Waals surface area contributed by atoms with E-state index in [0.29, 0.717) is 5.56 Å². The Balaban J connectivity index is 1.56. The zero-order valence-electron chi connectivity index (χ0n) is 14.2. The average molecular weight is 390 g/mol. The van der Waals surface area contributed by atoms with Crippen molar-refractivity contribution in [3.05, 3.63) is 84.4 Å². The van der Waals surface area contributed by atoms with Gasteiger partial charge >= 0.3 is 0 Å². The number of benzene rings is 3. The third kappa shape index (κ3) is 3.86. The fourth-order valence-corrected chi connectivity index (χ4v) is 3.89. The van der Waals surface area contributed by atoms with E-state index in [1.807, 2.05) is 60.7 Å². The molecular formula is C21H15N3OS2. The zero-order valence-corrected chi connectivity index (χ0v) is 15.8. The fraction of sp³-hybridized carbons (Fsp3) is 0. The third-order valence-corrected chi connectivity index (χ3v) is 5.24. The van der Waals surface area contributed by atoms with Gasteiger partial charge in [-0.15, -0.1) is 11.3 Å². The molecule has 0 aliphatic rings. The fourth-order valence-electron chi connectivity index (χ4n) is 2.68. The summed E-state index contributed by atoms with van der Waals surface area (Å²) in [4.78, 5) is 17.0. The maximum atomic E-state index is 12.3. The molecule has 4 nitrogen and oxygen atoms in total. The van der Waals surface area contributed by atoms with Crippen molar-refractivity contribution in [3.8, 4) is 10.6 Å². The Labute approximate surface area is 165 Å². The molecular weight excluding hydrogens is 374 g/mol. The van der Waals surface area contributed by atoms with E-state index in [-0.39, 0.29) is 11.0 Å². The second kappa shape index (κ2) is 7.65. The molecule has 0 atom stereocenters. The SMILES string of the molecule is O=C(NC(=S)Nc1ccccc1-c1nc2ccccc2s1)c1ccccc1. The van der Waals surface area contributed by atoms with Crippen molar-refractivity contribution in [1.29, 1.82) is 0 Å². The second-order valence-corrected chi connectivity index (χ2v) is 7.25. The van der Waals surface area contributed by atoms with Crippen LogP contribution in [0.4, 0.5) is 5.69 Å². The Morgan fingerprint density at radius 3 is 2.41 bits per heavy atom. The van der Waals surface area contributed by atoms with E-state index in [9.17, 15) is 4.79 Å². The van der Waals surface area contributed by atoms with E-state index in [2.05, 4.69) is 16.7 Å². The predicted octanol–water partition coefficient (Wildman–Crippen LogP) is 5.09. The second-order valence-electron chi connectivity index (χ2n) is 5.81. The van der Waals surface area contributed by atoms with Crippen molar-refractivity contribution in [1.82, 2.24) is 10.3 Å². The van der Waals surface area contributed by atoms with Crippen LogP contribution in [0.5, 0.6) is 0 Å². The number of thiazole rings is 1. The molecule has 27 heavy (non-hydrogen) atoms. The van der Waals surface area contributed by atoms with Gasteiger partial charge in [0, 0.05) is 11.1 Å². The minimum Gasteiger partial charge on any atom is -0.332 e. The van der Waals surface area contributed by atoms with Crippen LogP contribution in [-0.4, -0.2) is 16.0 Å². The van der Waals surface area contributed by atoms with Crippen molar-refractivity contribution in [2.45, 2.75) is 0 Å². The lowest BCUT2D eigenvalue weighted by atomic mass is 10.2. The van der Waals surface area contributed by atoms with Crippen LogP contribution in [0.3, 0.4) is 0 Å². The van der Waals surface area contributed by atoms with Gasteiger partial charge in [-0.2, -0.15) is 0 Å². The summed E-state index contributed by atoms with van der Waals surface area (Å²) < 4.78 is 1.13. The quantitative estimate of drug-likeness (QED) is 0.479. The third-order valence-electron chi connectivity index (χ3n) is 3.96. The van der Waals surface area contributed by atoms with Crippen LogP contribution >= 0.6 is 23.6 Å². The lowest BCUT2D eigenvalue weighted by Gasteiger charge is -2.12. The minimum atomic E-state index is -0.245. The summed E-state index contributed by atoms with van der Waals surface area (Å²) in [5.74, 6) is -0.245. The highest BCUT2D eigenvalue weighted by molar-refractivity contribution is 7.80. The highest BCUT2D eigenvalue weighted by atomic mass is 32.1. The molecule has 0 bridgehead atoms. The van der Waals surface area contributed by atoms with E-state index in [1.54, 1.807) is 23.5 Å². The van der Waals surface area contributed by atoms with E-state index in [0.717, 1.165) is 26.5 Å². The van der Waals surface area contributed by atoms with E-state index >= 15 is 0 Å². The van der Waals surface area contributed by atoms with Gasteiger partial charge in [0.15, 0.2) is 5.11 Å². The zero-order chi connectivity index (χ0) is 18.6. The van der Waals surface area contributed by atoms with Gasteiger partial charge in [0.05, 0.1) is 15.9 Å². The molecule has 0 radical (unpaired) electrons. The van der Waals surface area contributed by atoms with Gasteiger partial charge in [-0.3, -0.25) is 10.1 Å². The number of thiocarbonyl (C=S) groups is 1. The van der Waals surface area contributed by atoms with E-state index in [1.165, 1.54) is 0 Å². The highest BCUT2D eigenvalue weighted by Gasteiger charge is 2.12. The summed E-state index contributed by atoms with van der Waals surface area (Å²) in [6.07, 6.45) is 0. The van der Waals surface area contributed by atoms with Gasteiger partial charge in [-0.05, 0) is 48.6 Å². The Morgan fingerprint density at radius 2 is 1.59 bits per heavy atom. The van der Waals surface area contributed by atoms with Gasteiger partial charge in [0.25, 0.3) is 5.91 Å². The first-order valence-corrected chi connectivity index (χ1v) is 9.55. The molecule has 0 saturated heterocycles. The van der Waals surface area contributed by atoms with Crippen molar-refractivity contribution in [3.63, 3.8) is 0 Å². The van der Waals surface area contributed by atoms with Crippen LogP contribution in [0.25, 0.3) is 20.8 Å². The Hall–Kier alpha value is -3.09. The van der Waals surface area contributed by atoms with E-state index in [4.69, 9.17) is 17.2 Å². The molecule has 132 valence electrons. The van der Waals surface area contributed by atoms with Gasteiger partial charge in [0.2, 0.25) is 0 Å². The van der Waals surface area contributed by atoms with Gasteiger partial charge < -0.3 is 5.32 Å². The summed E-state index contributed by atoms with van der Waals surface area (Å²) in [7, 11) is 0. The van der Waals surface area contributed by atoms with E-state index < -0.39 is 0 Å². The first kappa shape index (κ1) is 17.3. The topological polar surface area (TPSA) is 54.0 Å². The summed E-state index contributed by atoms with van der Waals surface area (Å²) in [6.45, 7) is 0. The van der Waals surface area contributed by atoms with Crippen LogP contribution in [0.2, 0.25) is 0 Å². The van der Waals surface area contributed by atoms with Crippen LogP contribution in [-0.2, 0) is 0 Å². The highest BCUT2D eigenvalue weighted by Crippen LogP contribution is 2.34. The number of hydrogen-bond donors (Lipinski definition) is 2. The van der Waals surface area contributed by atoms with Crippen molar-refractivity contribution >= 4 is 50.5 Å². The van der Waals surface area contributed by atoms with Gasteiger partial charge in [-0.25, -0.2) is 4.98 Å². The minimum absolute atomic E-state index is 0.245. The Bertz CT molecular complexity index is 1090. The number of amides is 1. The van der Waals surface area contributed by atoms with Gasteiger partial charge in [0.1, 0.15) is 5.01 Å². The molecule has 2 N–H and O–H groups in total. The molecule has 1 heterocycles. The Kier molecular flexibility index (Phi) is 4.91. The summed E-state index contributed by atoms with van der Waals surface area (Å²) >= 11 is 6.95. The maximum Gasteiger partial charge on any atom is 0.257 e. The van der Waals surface area contributed by atoms with Gasteiger partial charge in [-0.1, -0.05) is 42.5 Å². The normalized spacial score (nSPS) is 10.5. The molecule has 4 aromatic rings. The van der Waals surface area contributed by atoms with Crippen LogP contribution in [0, 0.1) is 0 Å². The summed E-state index contributed by atoms with van der Waals surface area (Å²) in [5, 5.41) is 6.98. The average Bonchev–Trinajstić information content (AvgIpc) is 3.13. The number of rotatable bonds is 3. The maximum absolute atomic E-state index is 12.3. The molecule has 0 aliphatic carbocycles. The lowest BCUT2D eigenvalue weighted by molar-refractivity contribution is 0.0977. The van der Waals surface area contributed by atoms with Crippen LogP contribution in [0.1, 0.15) is 10.4 Å². The number of carbonyl (C=O) groups excluding carboxylic acids is 1. The first-order valence-electron chi connectivity index (χ1n) is 8.33. The largest absolute Gasteiger partial charge is 0.332 e. The molecule has 4 rings (SSSR count). The number of carbonyl (C=O) groups is 1. The number of nitrogens with zero attached hydrogens (tertiary/aromatic N) is 1. The standard InChI is InChI=1S/C21H15N3OS2/c25-19(14-8-2-1-3-9-14)24-21(26)23-16-11-5-4-10-15(16)20-22-17-12-6-7-13-18(17)27-20/h1-13H,(H2,23,24,25,26). The number of para-hydroxylation sites is 2. The molecule has 1 aromatic heterocycles. The molecule has 0 aliphatic heterocycles. The molecule has 0 spiro atoms. The van der Waals surface area contributed by atoms with Crippen LogP contribution < -0.4 is 10.6 Å². The summed E-state index contributed by atoms with van der Waals surface area (Å²) in [5.41, 5.74) is 3.26. The number of nitrogens with one attached hydrogen (secondary N) is 2. The summed E-state index contributed by atoms with van der Waals surface area (Å²) in [6, 6.07) is 24.8. The molecule has 1 amide bonds. The number of hydrogen-bond acceptors (Lipinski definition) is 4. The lowest BCUT2D eigenvalue weighted by Crippen LogP contribution is -2.34. The molecule has 6 heteroatoms. The molecule has 0 saturated carbocycles. The molecule has 0 unspecified atom stereocenters. The number of fused-ring (bicyclic) bond motifs is 1. The van der Waals surface area contributed by atoms with Crippen molar-refractivity contribution in [2.24, 2.45) is 0 Å². The van der Waals surface area contributed by atoms with Crippen LogP contribution in [0.15, 0.2) is 78.9 Å². The van der Waals surface area contributed by atoms with Crippen molar-refractivity contribution in [2.75, 3.05) is 5.32 Å². The smallest absolute Gasteiger partial charge is 0.257 e. The number of aromatic nitrogens is 1. The number of anilines is 1. The molecule has 0 fully saturated rings. The predicted molar refractivity (Wildman–Crippen MR) is 115 cm³/mol.